The first-order valence-electron chi connectivity index (χ1n) is 7.64. The van der Waals surface area contributed by atoms with E-state index in [0.29, 0.717) is 4.70 Å². The quantitative estimate of drug-likeness (QED) is 0.755. The summed E-state index contributed by atoms with van der Waals surface area (Å²) < 4.78 is 39.4. The number of halogens is 3. The molecule has 0 saturated heterocycles. The van der Waals surface area contributed by atoms with Crippen LogP contribution >= 0.6 is 11.3 Å². The maximum atomic E-state index is 13.0. The van der Waals surface area contributed by atoms with Gasteiger partial charge < -0.3 is 5.32 Å². The fourth-order valence-corrected chi connectivity index (χ4v) is 3.44. The van der Waals surface area contributed by atoms with Crippen molar-refractivity contribution in [1.82, 2.24) is 4.98 Å². The van der Waals surface area contributed by atoms with Crippen molar-refractivity contribution < 1.29 is 18.0 Å². The van der Waals surface area contributed by atoms with Gasteiger partial charge in [-0.05, 0) is 25.0 Å². The van der Waals surface area contributed by atoms with E-state index < -0.39 is 11.7 Å². The van der Waals surface area contributed by atoms with Crippen molar-refractivity contribution in [2.45, 2.75) is 45.7 Å². The summed E-state index contributed by atoms with van der Waals surface area (Å²) >= 11 is 1.07. The van der Waals surface area contributed by atoms with Crippen LogP contribution in [0, 0.1) is 5.92 Å². The Morgan fingerprint density at radius 2 is 1.91 bits per heavy atom. The largest absolute Gasteiger partial charge is 0.418 e. The molecule has 1 aromatic heterocycles. The van der Waals surface area contributed by atoms with E-state index >= 15 is 0 Å². The number of para-hydroxylation sites is 1. The average Bonchev–Trinajstić information content (AvgIpc) is 2.87. The number of rotatable bonds is 6. The minimum atomic E-state index is -4.46. The van der Waals surface area contributed by atoms with Gasteiger partial charge >= 0.3 is 6.18 Å². The summed E-state index contributed by atoms with van der Waals surface area (Å²) in [6.45, 7) is 4.01. The van der Waals surface area contributed by atoms with Gasteiger partial charge in [-0.25, -0.2) is 4.98 Å². The molecule has 0 atom stereocenters. The maximum Gasteiger partial charge on any atom is 0.418 e. The third kappa shape index (κ3) is 4.22. The van der Waals surface area contributed by atoms with Crippen molar-refractivity contribution in [3.8, 4) is 0 Å². The first kappa shape index (κ1) is 17.7. The highest BCUT2D eigenvalue weighted by molar-refractivity contribution is 7.22. The number of benzene rings is 1. The van der Waals surface area contributed by atoms with E-state index in [-0.39, 0.29) is 22.5 Å². The normalized spacial score (nSPS) is 12.1. The van der Waals surface area contributed by atoms with Crippen molar-refractivity contribution in [2.75, 3.05) is 5.32 Å². The van der Waals surface area contributed by atoms with Gasteiger partial charge in [0.05, 0.1) is 15.8 Å². The van der Waals surface area contributed by atoms with Crippen LogP contribution in [-0.2, 0) is 11.0 Å². The number of amides is 1. The minimum Gasteiger partial charge on any atom is -0.302 e. The van der Waals surface area contributed by atoms with Crippen LogP contribution in [0.2, 0.25) is 0 Å². The van der Waals surface area contributed by atoms with E-state index in [1.165, 1.54) is 6.07 Å². The Bertz CT molecular complexity index is 676. The van der Waals surface area contributed by atoms with Crippen LogP contribution < -0.4 is 5.32 Å². The van der Waals surface area contributed by atoms with Gasteiger partial charge in [-0.3, -0.25) is 4.79 Å². The molecular formula is C16H19F3N2OS. The van der Waals surface area contributed by atoms with Crippen molar-refractivity contribution in [1.29, 1.82) is 0 Å². The molecule has 23 heavy (non-hydrogen) atoms. The number of carbonyl (C=O) groups is 1. The zero-order chi connectivity index (χ0) is 17.0. The first-order valence-corrected chi connectivity index (χ1v) is 8.46. The van der Waals surface area contributed by atoms with E-state index in [1.807, 2.05) is 13.8 Å². The Morgan fingerprint density at radius 3 is 2.48 bits per heavy atom. The molecule has 0 saturated carbocycles. The maximum absolute atomic E-state index is 13.0. The zero-order valence-corrected chi connectivity index (χ0v) is 13.9. The lowest BCUT2D eigenvalue weighted by molar-refractivity contribution is -0.136. The van der Waals surface area contributed by atoms with E-state index in [0.717, 1.165) is 43.1 Å². The molecule has 0 spiro atoms. The monoisotopic (exact) mass is 344 g/mol. The molecule has 7 heteroatoms. The molecule has 0 fully saturated rings. The molecule has 1 aromatic carbocycles. The van der Waals surface area contributed by atoms with Gasteiger partial charge in [0.2, 0.25) is 5.91 Å². The van der Waals surface area contributed by atoms with Crippen LogP contribution in [0.25, 0.3) is 10.2 Å². The highest BCUT2D eigenvalue weighted by atomic mass is 32.1. The van der Waals surface area contributed by atoms with Crippen molar-refractivity contribution in [3.63, 3.8) is 0 Å². The summed E-state index contributed by atoms with van der Waals surface area (Å²) in [5, 5.41) is 2.90. The Labute approximate surface area is 136 Å². The number of nitrogens with one attached hydrogen (secondary N) is 1. The third-order valence-corrected chi connectivity index (χ3v) is 4.54. The SMILES string of the molecule is CCCC(CCC)C(=O)Nc1nc2c(C(F)(F)F)cccc2s1. The molecule has 0 aliphatic rings. The van der Waals surface area contributed by atoms with Crippen LogP contribution in [0.4, 0.5) is 18.3 Å². The van der Waals surface area contributed by atoms with Crippen molar-refractivity contribution in [2.24, 2.45) is 5.92 Å². The smallest absolute Gasteiger partial charge is 0.302 e. The molecule has 1 N–H and O–H groups in total. The Balaban J connectivity index is 2.26. The van der Waals surface area contributed by atoms with Gasteiger partial charge in [0, 0.05) is 5.92 Å². The predicted molar refractivity (Wildman–Crippen MR) is 86.6 cm³/mol. The molecule has 0 aliphatic carbocycles. The molecule has 0 aliphatic heterocycles. The predicted octanol–water partition coefficient (Wildman–Crippen LogP) is 5.47. The summed E-state index contributed by atoms with van der Waals surface area (Å²) in [7, 11) is 0. The number of nitrogens with zero attached hydrogens (tertiary/aromatic N) is 1. The lowest BCUT2D eigenvalue weighted by Crippen LogP contribution is -2.22. The van der Waals surface area contributed by atoms with E-state index in [1.54, 1.807) is 6.07 Å². The molecule has 2 rings (SSSR count). The van der Waals surface area contributed by atoms with Gasteiger partial charge in [-0.1, -0.05) is 44.1 Å². The Kier molecular flexibility index (Phi) is 5.62. The molecule has 0 radical (unpaired) electrons. The first-order chi connectivity index (χ1) is 10.9. The topological polar surface area (TPSA) is 42.0 Å². The Hall–Kier alpha value is -1.63. The van der Waals surface area contributed by atoms with E-state index in [2.05, 4.69) is 10.3 Å². The van der Waals surface area contributed by atoms with Crippen LogP contribution in [0.3, 0.4) is 0 Å². The molecular weight excluding hydrogens is 325 g/mol. The number of hydrogen-bond acceptors (Lipinski definition) is 3. The number of anilines is 1. The molecule has 0 bridgehead atoms. The molecule has 1 amide bonds. The van der Waals surface area contributed by atoms with Crippen molar-refractivity contribution >= 4 is 32.6 Å². The van der Waals surface area contributed by atoms with Gasteiger partial charge in [0.1, 0.15) is 0 Å². The highest BCUT2D eigenvalue weighted by Gasteiger charge is 2.33. The second kappa shape index (κ2) is 7.29. The average molecular weight is 344 g/mol. The fraction of sp³-hybridized carbons (Fsp3) is 0.500. The number of hydrogen-bond donors (Lipinski definition) is 1. The number of fused-ring (bicyclic) bond motifs is 1. The van der Waals surface area contributed by atoms with Crippen LogP contribution in [-0.4, -0.2) is 10.9 Å². The lowest BCUT2D eigenvalue weighted by Gasteiger charge is -2.13. The van der Waals surface area contributed by atoms with E-state index in [4.69, 9.17) is 0 Å². The molecule has 2 aromatic rings. The molecule has 126 valence electrons. The van der Waals surface area contributed by atoms with Gasteiger partial charge in [-0.15, -0.1) is 0 Å². The number of alkyl halides is 3. The fourth-order valence-electron chi connectivity index (χ4n) is 2.54. The summed E-state index contributed by atoms with van der Waals surface area (Å²) in [5.74, 6) is -0.291. The summed E-state index contributed by atoms with van der Waals surface area (Å²) in [6.07, 6.45) is -1.16. The van der Waals surface area contributed by atoms with Crippen LogP contribution in [0.15, 0.2) is 18.2 Å². The third-order valence-electron chi connectivity index (χ3n) is 3.60. The van der Waals surface area contributed by atoms with Gasteiger partial charge in [0.25, 0.3) is 0 Å². The summed E-state index contributed by atoms with van der Waals surface area (Å²) in [5.41, 5.74) is -0.881. The standard InChI is InChI=1S/C16H19F3N2OS/c1-3-6-10(7-4-2)14(22)21-15-20-13-11(16(17,18)19)8-5-9-12(13)23-15/h5,8-10H,3-4,6-7H2,1-2H3,(H,20,21,22). The number of thiazole rings is 1. The lowest BCUT2D eigenvalue weighted by atomic mass is 9.97. The van der Waals surface area contributed by atoms with Crippen LogP contribution in [0.1, 0.15) is 45.1 Å². The summed E-state index contributed by atoms with van der Waals surface area (Å²) in [6, 6.07) is 3.93. The summed E-state index contributed by atoms with van der Waals surface area (Å²) in [4.78, 5) is 16.3. The van der Waals surface area contributed by atoms with Crippen LogP contribution in [0.5, 0.6) is 0 Å². The van der Waals surface area contributed by atoms with Gasteiger partial charge in [0.15, 0.2) is 5.13 Å². The second-order valence-electron chi connectivity index (χ2n) is 5.43. The minimum absolute atomic E-state index is 0.108. The van der Waals surface area contributed by atoms with Crippen molar-refractivity contribution in [3.05, 3.63) is 23.8 Å². The molecule has 3 nitrogen and oxygen atoms in total. The number of aromatic nitrogens is 1. The molecule has 0 unspecified atom stereocenters. The van der Waals surface area contributed by atoms with Gasteiger partial charge in [-0.2, -0.15) is 13.2 Å². The zero-order valence-electron chi connectivity index (χ0n) is 13.0. The number of carbonyl (C=O) groups excluding carboxylic acids is 1. The molecule has 1 heterocycles. The van der Waals surface area contributed by atoms with E-state index in [9.17, 15) is 18.0 Å². The Morgan fingerprint density at radius 1 is 1.26 bits per heavy atom. The highest BCUT2D eigenvalue weighted by Crippen LogP contribution is 2.37. The second-order valence-corrected chi connectivity index (χ2v) is 6.46.